The molecule has 0 fully saturated rings. The van der Waals surface area contributed by atoms with Gasteiger partial charge in [0.2, 0.25) is 0 Å². The van der Waals surface area contributed by atoms with Crippen LogP contribution in [0.1, 0.15) is 19.5 Å². The van der Waals surface area contributed by atoms with E-state index in [4.69, 9.17) is 16.3 Å². The monoisotopic (exact) mass is 312 g/mol. The van der Waals surface area contributed by atoms with Crippen LogP contribution in [0, 0.1) is 6.92 Å². The first-order valence-electron chi connectivity index (χ1n) is 5.46. The minimum atomic E-state index is -3.52. The lowest BCUT2D eigenvalue weighted by molar-refractivity contribution is 0.0737. The van der Waals surface area contributed by atoms with Crippen LogP contribution in [0.3, 0.4) is 0 Å². The van der Waals surface area contributed by atoms with E-state index in [0.29, 0.717) is 18.8 Å². The molecule has 18 heavy (non-hydrogen) atoms. The fraction of sp³-hybridized carbons (Fsp3) is 0.700. The van der Waals surface area contributed by atoms with Crippen molar-refractivity contribution in [3.05, 3.63) is 10.2 Å². The van der Waals surface area contributed by atoms with E-state index >= 15 is 0 Å². The molecular formula is C10H17ClN2O3S2. The summed E-state index contributed by atoms with van der Waals surface area (Å²) in [4.78, 5) is 3.92. The Labute approximate surface area is 117 Å². The number of thiazole rings is 1. The zero-order valence-electron chi connectivity index (χ0n) is 10.8. The molecule has 0 aromatic carbocycles. The van der Waals surface area contributed by atoms with Gasteiger partial charge in [-0.25, -0.2) is 13.4 Å². The predicted octanol–water partition coefficient (Wildman–Crippen LogP) is 2.15. The van der Waals surface area contributed by atoms with Gasteiger partial charge in [-0.15, -0.1) is 0 Å². The SMILES string of the molecule is Cc1nc(Cl)sc1S(=O)(=O)N(C)CCOC(C)C. The number of aromatic nitrogens is 1. The first-order valence-corrected chi connectivity index (χ1v) is 8.09. The summed E-state index contributed by atoms with van der Waals surface area (Å²) in [6.07, 6.45) is 0.0840. The summed E-state index contributed by atoms with van der Waals surface area (Å²) in [6, 6.07) is 0. The van der Waals surface area contributed by atoms with Crippen LogP contribution in [-0.4, -0.2) is 44.0 Å². The highest BCUT2D eigenvalue weighted by Gasteiger charge is 2.26. The highest BCUT2D eigenvalue weighted by atomic mass is 35.5. The molecule has 5 nitrogen and oxygen atoms in total. The molecule has 104 valence electrons. The van der Waals surface area contributed by atoms with Crippen LogP contribution in [0.2, 0.25) is 4.47 Å². The summed E-state index contributed by atoms with van der Waals surface area (Å²) < 4.78 is 31.5. The Bertz CT molecular complexity index is 499. The van der Waals surface area contributed by atoms with Crippen LogP contribution >= 0.6 is 22.9 Å². The topological polar surface area (TPSA) is 59.5 Å². The molecule has 0 aliphatic carbocycles. The molecule has 0 bridgehead atoms. The van der Waals surface area contributed by atoms with Crippen molar-refractivity contribution in [2.24, 2.45) is 0 Å². The molecule has 8 heteroatoms. The van der Waals surface area contributed by atoms with Crippen molar-refractivity contribution in [3.8, 4) is 0 Å². The smallest absolute Gasteiger partial charge is 0.254 e. The van der Waals surface area contributed by atoms with Crippen LogP contribution in [0.25, 0.3) is 0 Å². The van der Waals surface area contributed by atoms with Gasteiger partial charge in [0.15, 0.2) is 8.68 Å². The van der Waals surface area contributed by atoms with Crippen LogP contribution in [0.15, 0.2) is 4.21 Å². The van der Waals surface area contributed by atoms with Gasteiger partial charge in [-0.1, -0.05) is 22.9 Å². The quantitative estimate of drug-likeness (QED) is 0.807. The Kier molecular flexibility index (Phi) is 5.54. The van der Waals surface area contributed by atoms with Gasteiger partial charge in [0.05, 0.1) is 18.4 Å². The Hall–Kier alpha value is -0.210. The molecular weight excluding hydrogens is 296 g/mol. The fourth-order valence-corrected chi connectivity index (χ4v) is 4.35. The summed E-state index contributed by atoms with van der Waals surface area (Å²) in [5, 5.41) is 0. The van der Waals surface area contributed by atoms with E-state index in [1.165, 1.54) is 11.4 Å². The molecule has 0 radical (unpaired) electrons. The van der Waals surface area contributed by atoms with E-state index in [9.17, 15) is 8.42 Å². The normalized spacial score (nSPS) is 12.6. The highest BCUT2D eigenvalue weighted by Crippen LogP contribution is 2.28. The molecule has 1 rings (SSSR count). The van der Waals surface area contributed by atoms with E-state index in [0.717, 1.165) is 11.3 Å². The van der Waals surface area contributed by atoms with Crippen molar-refractivity contribution in [2.45, 2.75) is 31.1 Å². The Morgan fingerprint density at radius 2 is 2.11 bits per heavy atom. The lowest BCUT2D eigenvalue weighted by atomic mass is 10.5. The van der Waals surface area contributed by atoms with Gasteiger partial charge in [-0.2, -0.15) is 4.31 Å². The zero-order chi connectivity index (χ0) is 13.9. The van der Waals surface area contributed by atoms with Crippen molar-refractivity contribution < 1.29 is 13.2 Å². The van der Waals surface area contributed by atoms with E-state index in [1.54, 1.807) is 6.92 Å². The third-order valence-corrected chi connectivity index (χ3v) is 5.94. The molecule has 0 N–H and O–H groups in total. The summed E-state index contributed by atoms with van der Waals surface area (Å²) in [7, 11) is -2.00. The number of rotatable bonds is 6. The largest absolute Gasteiger partial charge is 0.377 e. The number of halogens is 1. The second kappa shape index (κ2) is 6.29. The lowest BCUT2D eigenvalue weighted by Crippen LogP contribution is -2.30. The van der Waals surface area contributed by atoms with Gasteiger partial charge in [-0.3, -0.25) is 0 Å². The van der Waals surface area contributed by atoms with Crippen molar-refractivity contribution in [1.82, 2.24) is 9.29 Å². The third-order valence-electron chi connectivity index (χ3n) is 2.23. The Morgan fingerprint density at radius 3 is 2.56 bits per heavy atom. The van der Waals surface area contributed by atoms with Crippen LogP contribution in [0.4, 0.5) is 0 Å². The molecule has 0 aliphatic rings. The number of nitrogens with zero attached hydrogens (tertiary/aromatic N) is 2. The summed E-state index contributed by atoms with van der Waals surface area (Å²) in [5.41, 5.74) is 0.432. The van der Waals surface area contributed by atoms with Crippen molar-refractivity contribution in [1.29, 1.82) is 0 Å². The van der Waals surface area contributed by atoms with Gasteiger partial charge < -0.3 is 4.74 Å². The second-order valence-corrected chi connectivity index (χ2v) is 7.91. The third kappa shape index (κ3) is 3.89. The molecule has 0 spiro atoms. The van der Waals surface area contributed by atoms with Gasteiger partial charge in [0.1, 0.15) is 0 Å². The fourth-order valence-electron chi connectivity index (χ4n) is 1.27. The second-order valence-electron chi connectivity index (χ2n) is 4.09. The summed E-state index contributed by atoms with van der Waals surface area (Å²) in [6.45, 7) is 6.10. The van der Waals surface area contributed by atoms with Gasteiger partial charge >= 0.3 is 0 Å². The maximum absolute atomic E-state index is 12.2. The van der Waals surface area contributed by atoms with Gasteiger partial charge in [0, 0.05) is 13.6 Å². The van der Waals surface area contributed by atoms with Crippen molar-refractivity contribution in [2.75, 3.05) is 20.2 Å². The predicted molar refractivity (Wildman–Crippen MR) is 72.8 cm³/mol. The van der Waals surface area contributed by atoms with E-state index < -0.39 is 10.0 Å². The Balaban J connectivity index is 2.77. The first kappa shape index (κ1) is 15.8. The molecule has 1 aromatic heterocycles. The summed E-state index contributed by atoms with van der Waals surface area (Å²) >= 11 is 6.70. The van der Waals surface area contributed by atoms with Gasteiger partial charge in [0.25, 0.3) is 10.0 Å². The van der Waals surface area contributed by atoms with E-state index in [1.807, 2.05) is 13.8 Å². The maximum atomic E-state index is 12.2. The molecule has 0 saturated heterocycles. The van der Waals surface area contributed by atoms with Crippen LogP contribution in [0.5, 0.6) is 0 Å². The lowest BCUT2D eigenvalue weighted by Gasteiger charge is -2.17. The molecule has 1 aromatic rings. The average molecular weight is 313 g/mol. The number of ether oxygens (including phenoxy) is 1. The maximum Gasteiger partial charge on any atom is 0.254 e. The van der Waals surface area contributed by atoms with E-state index in [-0.39, 0.29) is 14.8 Å². The number of hydrogen-bond donors (Lipinski definition) is 0. The molecule has 0 atom stereocenters. The summed E-state index contributed by atoms with van der Waals surface area (Å²) in [5.74, 6) is 0. The van der Waals surface area contributed by atoms with E-state index in [2.05, 4.69) is 4.98 Å². The number of sulfonamides is 1. The first-order chi connectivity index (χ1) is 8.25. The average Bonchev–Trinajstić information content (AvgIpc) is 2.57. The molecule has 0 aliphatic heterocycles. The molecule has 0 unspecified atom stereocenters. The molecule has 0 amide bonds. The number of hydrogen-bond acceptors (Lipinski definition) is 5. The minimum absolute atomic E-state index is 0.0840. The number of aryl methyl sites for hydroxylation is 1. The zero-order valence-corrected chi connectivity index (χ0v) is 13.2. The highest BCUT2D eigenvalue weighted by molar-refractivity contribution is 7.91. The van der Waals surface area contributed by atoms with Gasteiger partial charge in [-0.05, 0) is 20.8 Å². The van der Waals surface area contributed by atoms with Crippen LogP contribution < -0.4 is 0 Å². The van der Waals surface area contributed by atoms with Crippen molar-refractivity contribution >= 4 is 33.0 Å². The molecule has 1 heterocycles. The molecule has 0 saturated carbocycles. The number of likely N-dealkylation sites (N-methyl/N-ethyl adjacent to an activating group) is 1. The minimum Gasteiger partial charge on any atom is -0.377 e. The Morgan fingerprint density at radius 1 is 1.50 bits per heavy atom. The van der Waals surface area contributed by atoms with Crippen LogP contribution in [-0.2, 0) is 14.8 Å². The van der Waals surface area contributed by atoms with Crippen molar-refractivity contribution in [3.63, 3.8) is 0 Å². The standard InChI is InChI=1S/C10H17ClN2O3S2/c1-7(2)16-6-5-13(4)18(14,15)9-8(3)12-10(11)17-9/h7H,5-6H2,1-4H3.